The molecule has 2 aromatic carbocycles. The van der Waals surface area contributed by atoms with Crippen LogP contribution < -0.4 is 0 Å². The summed E-state index contributed by atoms with van der Waals surface area (Å²) in [5.41, 5.74) is 3.54. The van der Waals surface area contributed by atoms with Gasteiger partial charge in [0.2, 0.25) is 0 Å². The van der Waals surface area contributed by atoms with Crippen molar-refractivity contribution in [2.24, 2.45) is 0 Å². The zero-order valence-electron chi connectivity index (χ0n) is 15.4. The molecular weight excluding hydrogens is 418 g/mol. The lowest BCUT2D eigenvalue weighted by Crippen LogP contribution is -2.00. The largest absolute Gasteiger partial charge is 0.478 e. The fraction of sp³-hybridized carbons (Fsp3) is 0.130. The molecular formula is C23H18BrNO3. The number of aromatic nitrogens is 1. The van der Waals surface area contributed by atoms with Gasteiger partial charge in [0.25, 0.3) is 0 Å². The maximum absolute atomic E-state index is 11.7. The average Bonchev–Trinajstić information content (AvgIpc) is 3.17. The van der Waals surface area contributed by atoms with E-state index in [4.69, 9.17) is 4.42 Å². The molecule has 0 aliphatic heterocycles. The molecule has 0 saturated carbocycles. The Morgan fingerprint density at radius 2 is 1.71 bits per heavy atom. The highest BCUT2D eigenvalue weighted by Gasteiger charge is 2.16. The second-order valence-corrected chi connectivity index (χ2v) is 7.88. The summed E-state index contributed by atoms with van der Waals surface area (Å²) < 4.78 is 6.81. The second-order valence-electron chi connectivity index (χ2n) is 6.96. The average molecular weight is 436 g/mol. The van der Waals surface area contributed by atoms with E-state index in [1.165, 1.54) is 5.56 Å². The van der Waals surface area contributed by atoms with Gasteiger partial charge in [-0.1, -0.05) is 54.0 Å². The molecule has 28 heavy (non-hydrogen) atoms. The highest BCUT2D eigenvalue weighted by Crippen LogP contribution is 2.31. The maximum Gasteiger partial charge on any atom is 0.336 e. The number of pyridine rings is 1. The first-order valence-corrected chi connectivity index (χ1v) is 9.76. The molecule has 1 N–H and O–H groups in total. The number of hydrogen-bond acceptors (Lipinski definition) is 3. The van der Waals surface area contributed by atoms with Crippen LogP contribution in [-0.2, 0) is 0 Å². The lowest BCUT2D eigenvalue weighted by Gasteiger charge is -2.07. The standard InChI is InChI=1S/C23H18BrNO3/c1-13(2)14-3-5-15(6-4-14)21-9-10-22(28-21)20-12-18(23(26)27)17-11-16(24)7-8-19(17)25-20/h3-13H,1-2H3,(H,26,27). The first-order chi connectivity index (χ1) is 13.4. The molecule has 0 fully saturated rings. The minimum absolute atomic E-state index is 0.195. The number of nitrogens with zero attached hydrogens (tertiary/aromatic N) is 1. The Bertz CT molecular complexity index is 1180. The molecule has 0 aliphatic carbocycles. The quantitative estimate of drug-likeness (QED) is 0.385. The number of aromatic carboxylic acids is 1. The normalized spacial score (nSPS) is 11.3. The summed E-state index contributed by atoms with van der Waals surface area (Å²) in [6.45, 7) is 4.31. The van der Waals surface area contributed by atoms with Crippen LogP contribution >= 0.6 is 15.9 Å². The fourth-order valence-electron chi connectivity index (χ4n) is 3.16. The number of hydrogen-bond donors (Lipinski definition) is 1. The Hall–Kier alpha value is -2.92. The lowest BCUT2D eigenvalue weighted by atomic mass is 10.0. The van der Waals surface area contributed by atoms with Gasteiger partial charge in [-0.15, -0.1) is 0 Å². The topological polar surface area (TPSA) is 63.3 Å². The van der Waals surface area contributed by atoms with Crippen LogP contribution in [0, 0.1) is 0 Å². The number of benzene rings is 2. The monoisotopic (exact) mass is 435 g/mol. The summed E-state index contributed by atoms with van der Waals surface area (Å²) in [6.07, 6.45) is 0. The number of halogens is 1. The number of carbonyl (C=O) groups is 1. The Kier molecular flexibility index (Phi) is 4.77. The minimum Gasteiger partial charge on any atom is -0.478 e. The van der Waals surface area contributed by atoms with Gasteiger partial charge in [0.1, 0.15) is 11.5 Å². The first-order valence-electron chi connectivity index (χ1n) is 8.96. The first kappa shape index (κ1) is 18.4. The summed E-state index contributed by atoms with van der Waals surface area (Å²) >= 11 is 3.38. The minimum atomic E-state index is -0.997. The van der Waals surface area contributed by atoms with Crippen molar-refractivity contribution < 1.29 is 14.3 Å². The second kappa shape index (κ2) is 7.24. The van der Waals surface area contributed by atoms with Crippen LogP contribution in [0.25, 0.3) is 33.7 Å². The van der Waals surface area contributed by atoms with E-state index in [1.54, 1.807) is 18.2 Å². The van der Waals surface area contributed by atoms with Crippen molar-refractivity contribution in [2.75, 3.05) is 0 Å². The molecule has 0 radical (unpaired) electrons. The molecule has 0 unspecified atom stereocenters. The Labute approximate surface area is 171 Å². The molecule has 4 aromatic rings. The van der Waals surface area contributed by atoms with Crippen LogP contribution in [0.2, 0.25) is 0 Å². The highest BCUT2D eigenvalue weighted by atomic mass is 79.9. The van der Waals surface area contributed by atoms with Crippen molar-refractivity contribution in [3.8, 4) is 22.8 Å². The molecule has 0 amide bonds. The molecule has 0 atom stereocenters. The molecule has 2 heterocycles. The lowest BCUT2D eigenvalue weighted by molar-refractivity contribution is 0.0699. The van der Waals surface area contributed by atoms with Gasteiger partial charge in [-0.2, -0.15) is 0 Å². The SMILES string of the molecule is CC(C)c1ccc(-c2ccc(-c3cc(C(=O)O)c4cc(Br)ccc4n3)o2)cc1. The Balaban J connectivity index is 1.77. The van der Waals surface area contributed by atoms with Gasteiger partial charge < -0.3 is 9.52 Å². The molecule has 5 heteroatoms. The van der Waals surface area contributed by atoms with E-state index in [9.17, 15) is 9.90 Å². The predicted octanol–water partition coefficient (Wildman–Crippen LogP) is 6.75. The van der Waals surface area contributed by atoms with Crippen molar-refractivity contribution in [1.29, 1.82) is 0 Å². The van der Waals surface area contributed by atoms with E-state index in [-0.39, 0.29) is 5.56 Å². The van der Waals surface area contributed by atoms with E-state index in [1.807, 2.05) is 30.3 Å². The Morgan fingerprint density at radius 1 is 1.00 bits per heavy atom. The summed E-state index contributed by atoms with van der Waals surface area (Å²) in [7, 11) is 0. The summed E-state index contributed by atoms with van der Waals surface area (Å²) in [5.74, 6) is 0.732. The molecule has 2 aromatic heterocycles. The molecule has 0 saturated heterocycles. The molecule has 140 valence electrons. The van der Waals surface area contributed by atoms with Crippen molar-refractivity contribution in [1.82, 2.24) is 4.98 Å². The van der Waals surface area contributed by atoms with E-state index in [2.05, 4.69) is 46.9 Å². The predicted molar refractivity (Wildman–Crippen MR) is 114 cm³/mol. The van der Waals surface area contributed by atoms with Crippen LogP contribution in [0.1, 0.15) is 35.7 Å². The van der Waals surface area contributed by atoms with Gasteiger partial charge in [0.15, 0.2) is 5.76 Å². The van der Waals surface area contributed by atoms with Crippen LogP contribution in [0.5, 0.6) is 0 Å². The van der Waals surface area contributed by atoms with E-state index in [0.717, 1.165) is 15.8 Å². The number of rotatable bonds is 4. The zero-order chi connectivity index (χ0) is 19.8. The van der Waals surface area contributed by atoms with Gasteiger partial charge in [-0.05, 0) is 47.9 Å². The van der Waals surface area contributed by atoms with E-state index >= 15 is 0 Å². The van der Waals surface area contributed by atoms with Crippen LogP contribution in [0.15, 0.2) is 69.6 Å². The van der Waals surface area contributed by atoms with Gasteiger partial charge in [-0.3, -0.25) is 0 Å². The van der Waals surface area contributed by atoms with Crippen molar-refractivity contribution in [3.63, 3.8) is 0 Å². The van der Waals surface area contributed by atoms with Crippen LogP contribution in [0.4, 0.5) is 0 Å². The van der Waals surface area contributed by atoms with E-state index < -0.39 is 5.97 Å². The van der Waals surface area contributed by atoms with Gasteiger partial charge >= 0.3 is 5.97 Å². The summed E-state index contributed by atoms with van der Waals surface area (Å²) in [5, 5.41) is 10.2. The number of carboxylic acid groups (broad SMARTS) is 1. The van der Waals surface area contributed by atoms with Crippen LogP contribution in [0.3, 0.4) is 0 Å². The third-order valence-electron chi connectivity index (χ3n) is 4.72. The van der Waals surface area contributed by atoms with Gasteiger partial charge in [0.05, 0.1) is 11.1 Å². The molecule has 0 spiro atoms. The summed E-state index contributed by atoms with van der Waals surface area (Å²) in [4.78, 5) is 16.3. The van der Waals surface area contributed by atoms with Crippen LogP contribution in [-0.4, -0.2) is 16.1 Å². The third-order valence-corrected chi connectivity index (χ3v) is 5.21. The number of fused-ring (bicyclic) bond motifs is 1. The molecule has 0 aliphatic rings. The van der Waals surface area contributed by atoms with E-state index in [0.29, 0.717) is 28.3 Å². The molecule has 4 rings (SSSR count). The highest BCUT2D eigenvalue weighted by molar-refractivity contribution is 9.10. The third kappa shape index (κ3) is 3.45. The number of furan rings is 1. The Morgan fingerprint density at radius 3 is 2.39 bits per heavy atom. The zero-order valence-corrected chi connectivity index (χ0v) is 17.0. The molecule has 0 bridgehead atoms. The smallest absolute Gasteiger partial charge is 0.336 e. The molecule has 4 nitrogen and oxygen atoms in total. The van der Waals surface area contributed by atoms with Crippen molar-refractivity contribution >= 4 is 32.8 Å². The van der Waals surface area contributed by atoms with Gasteiger partial charge in [-0.25, -0.2) is 9.78 Å². The number of carboxylic acids is 1. The van der Waals surface area contributed by atoms with Gasteiger partial charge in [0, 0.05) is 15.4 Å². The van der Waals surface area contributed by atoms with Crippen molar-refractivity contribution in [2.45, 2.75) is 19.8 Å². The maximum atomic E-state index is 11.7. The van der Waals surface area contributed by atoms with Crippen molar-refractivity contribution in [3.05, 3.63) is 76.3 Å². The summed E-state index contributed by atoms with van der Waals surface area (Å²) in [6, 6.07) is 18.9. The fourth-order valence-corrected chi connectivity index (χ4v) is 3.53.